The summed E-state index contributed by atoms with van der Waals surface area (Å²) >= 11 is 0. The molecule has 1 aliphatic heterocycles. The Morgan fingerprint density at radius 2 is 2.37 bits per heavy atom. The Morgan fingerprint density at radius 1 is 1.58 bits per heavy atom. The fourth-order valence-electron chi connectivity index (χ4n) is 3.30. The van der Waals surface area contributed by atoms with Gasteiger partial charge in [-0.25, -0.2) is 0 Å². The third-order valence-electron chi connectivity index (χ3n) is 4.40. The minimum atomic E-state index is -0.706. The summed E-state index contributed by atoms with van der Waals surface area (Å²) in [5, 5.41) is 12.8. The molecular weight excluding hydrogens is 244 g/mol. The van der Waals surface area contributed by atoms with Gasteiger partial charge in [0.15, 0.2) is 0 Å². The summed E-state index contributed by atoms with van der Waals surface area (Å²) in [7, 11) is 0. The molecule has 3 atom stereocenters. The third kappa shape index (κ3) is 3.27. The van der Waals surface area contributed by atoms with E-state index in [0.717, 1.165) is 51.9 Å². The topological polar surface area (TPSA) is 61.8 Å². The van der Waals surface area contributed by atoms with E-state index in [1.807, 2.05) is 0 Å². The Kier molecular flexibility index (Phi) is 4.81. The van der Waals surface area contributed by atoms with E-state index in [9.17, 15) is 9.90 Å². The number of carbonyl (C=O) groups is 1. The lowest BCUT2D eigenvalue weighted by atomic mass is 9.97. The van der Waals surface area contributed by atoms with Gasteiger partial charge in [-0.05, 0) is 39.2 Å². The van der Waals surface area contributed by atoms with Crippen LogP contribution in [0.1, 0.15) is 39.5 Å². The summed E-state index contributed by atoms with van der Waals surface area (Å²) < 4.78 is 5.56. The number of nitrogens with one attached hydrogen (secondary N) is 1. The number of carboxylic acid groups (broad SMARTS) is 1. The minimum Gasteiger partial charge on any atom is -0.480 e. The third-order valence-corrected chi connectivity index (χ3v) is 4.40. The highest BCUT2D eigenvalue weighted by Gasteiger charge is 2.46. The van der Waals surface area contributed by atoms with Gasteiger partial charge < -0.3 is 15.2 Å². The van der Waals surface area contributed by atoms with E-state index in [2.05, 4.69) is 24.1 Å². The molecule has 1 saturated carbocycles. The van der Waals surface area contributed by atoms with Gasteiger partial charge in [-0.1, -0.05) is 6.92 Å². The van der Waals surface area contributed by atoms with Crippen LogP contribution >= 0.6 is 0 Å². The van der Waals surface area contributed by atoms with E-state index in [-0.39, 0.29) is 6.10 Å². The maximum absolute atomic E-state index is 11.6. The van der Waals surface area contributed by atoms with Crippen LogP contribution in [0.25, 0.3) is 0 Å². The average Bonchev–Trinajstić information content (AvgIpc) is 2.82. The number of rotatable bonds is 5. The van der Waals surface area contributed by atoms with Crippen molar-refractivity contribution in [2.24, 2.45) is 0 Å². The quantitative estimate of drug-likeness (QED) is 0.783. The molecule has 0 amide bonds. The van der Waals surface area contributed by atoms with Gasteiger partial charge in [-0.2, -0.15) is 0 Å². The molecule has 0 aromatic rings. The van der Waals surface area contributed by atoms with Crippen molar-refractivity contribution >= 4 is 5.97 Å². The maximum atomic E-state index is 11.6. The predicted octanol–water partition coefficient (Wildman–Crippen LogP) is 1.08. The summed E-state index contributed by atoms with van der Waals surface area (Å²) in [6.45, 7) is 7.55. The first kappa shape index (κ1) is 14.8. The van der Waals surface area contributed by atoms with E-state index in [1.54, 1.807) is 0 Å². The lowest BCUT2D eigenvalue weighted by molar-refractivity contribution is -0.145. The van der Waals surface area contributed by atoms with Crippen LogP contribution in [-0.4, -0.2) is 59.9 Å². The van der Waals surface area contributed by atoms with Crippen molar-refractivity contribution in [2.75, 3.05) is 26.2 Å². The van der Waals surface area contributed by atoms with Crippen LogP contribution in [0.4, 0.5) is 0 Å². The fraction of sp³-hybridized carbons (Fsp3) is 0.929. The van der Waals surface area contributed by atoms with Gasteiger partial charge in [-0.15, -0.1) is 0 Å². The number of aliphatic carboxylic acids is 1. The molecule has 5 nitrogen and oxygen atoms in total. The molecule has 5 heteroatoms. The molecule has 0 aromatic carbocycles. The van der Waals surface area contributed by atoms with Gasteiger partial charge in [0, 0.05) is 19.1 Å². The number of carboxylic acids is 1. The zero-order valence-corrected chi connectivity index (χ0v) is 12.0. The van der Waals surface area contributed by atoms with Gasteiger partial charge in [0.2, 0.25) is 0 Å². The Balaban J connectivity index is 1.97. The lowest BCUT2D eigenvalue weighted by Gasteiger charge is -2.36. The first-order valence-corrected chi connectivity index (χ1v) is 7.41. The average molecular weight is 270 g/mol. The van der Waals surface area contributed by atoms with Crippen molar-refractivity contribution in [1.29, 1.82) is 0 Å². The van der Waals surface area contributed by atoms with E-state index < -0.39 is 11.5 Å². The number of hydrogen-bond acceptors (Lipinski definition) is 4. The highest BCUT2D eigenvalue weighted by Crippen LogP contribution is 2.34. The zero-order chi connectivity index (χ0) is 13.9. The Labute approximate surface area is 115 Å². The molecule has 1 aliphatic carbocycles. The summed E-state index contributed by atoms with van der Waals surface area (Å²) in [6.07, 6.45) is 3.65. The van der Waals surface area contributed by atoms with Crippen LogP contribution in [0, 0.1) is 0 Å². The van der Waals surface area contributed by atoms with Crippen molar-refractivity contribution in [2.45, 2.75) is 57.2 Å². The molecular formula is C14H26N2O3. The number of ether oxygens (including phenoxy) is 1. The second-order valence-electron chi connectivity index (χ2n) is 5.89. The lowest BCUT2D eigenvalue weighted by Crippen LogP contribution is -2.52. The van der Waals surface area contributed by atoms with Gasteiger partial charge in [-0.3, -0.25) is 9.69 Å². The van der Waals surface area contributed by atoms with Gasteiger partial charge in [0.05, 0.1) is 12.7 Å². The fourth-order valence-corrected chi connectivity index (χ4v) is 3.30. The highest BCUT2D eigenvalue weighted by atomic mass is 16.5. The van der Waals surface area contributed by atoms with Crippen molar-refractivity contribution in [3.63, 3.8) is 0 Å². The van der Waals surface area contributed by atoms with Gasteiger partial charge in [0.25, 0.3) is 0 Å². The SMILES string of the molecule is CCCNC1(C(=O)O)CCC(N2CCOC(C)C2)C1. The first-order valence-electron chi connectivity index (χ1n) is 7.41. The van der Waals surface area contributed by atoms with Crippen molar-refractivity contribution in [1.82, 2.24) is 10.2 Å². The van der Waals surface area contributed by atoms with Gasteiger partial charge >= 0.3 is 5.97 Å². The number of morpholine rings is 1. The first-order chi connectivity index (χ1) is 9.07. The Hall–Kier alpha value is -0.650. The zero-order valence-electron chi connectivity index (χ0n) is 12.0. The van der Waals surface area contributed by atoms with Crippen LogP contribution < -0.4 is 5.32 Å². The summed E-state index contributed by atoms with van der Waals surface area (Å²) in [6, 6.07) is 0.381. The molecule has 110 valence electrons. The molecule has 3 unspecified atom stereocenters. The predicted molar refractivity (Wildman–Crippen MR) is 73.3 cm³/mol. The smallest absolute Gasteiger partial charge is 0.323 e. The summed E-state index contributed by atoms with van der Waals surface area (Å²) in [5.74, 6) is -0.690. The molecule has 2 rings (SSSR count). The van der Waals surface area contributed by atoms with E-state index >= 15 is 0 Å². The Morgan fingerprint density at radius 3 is 3.00 bits per heavy atom. The minimum absolute atomic E-state index is 0.261. The van der Waals surface area contributed by atoms with Crippen LogP contribution in [0.2, 0.25) is 0 Å². The molecule has 2 aliphatic rings. The van der Waals surface area contributed by atoms with Crippen LogP contribution in [0.3, 0.4) is 0 Å². The summed E-state index contributed by atoms with van der Waals surface area (Å²) in [5.41, 5.74) is -0.706. The molecule has 0 radical (unpaired) electrons. The molecule has 1 heterocycles. The molecule has 1 saturated heterocycles. The second-order valence-corrected chi connectivity index (χ2v) is 5.89. The van der Waals surface area contributed by atoms with E-state index in [0.29, 0.717) is 6.04 Å². The van der Waals surface area contributed by atoms with Crippen LogP contribution in [-0.2, 0) is 9.53 Å². The largest absolute Gasteiger partial charge is 0.480 e. The molecule has 19 heavy (non-hydrogen) atoms. The van der Waals surface area contributed by atoms with Crippen molar-refractivity contribution in [3.8, 4) is 0 Å². The number of nitrogens with zero attached hydrogens (tertiary/aromatic N) is 1. The molecule has 0 bridgehead atoms. The molecule has 0 spiro atoms. The standard InChI is InChI=1S/C14H26N2O3/c1-3-6-15-14(13(17)18)5-4-12(9-14)16-7-8-19-11(2)10-16/h11-12,15H,3-10H2,1-2H3,(H,17,18). The second kappa shape index (κ2) is 6.20. The number of hydrogen-bond donors (Lipinski definition) is 2. The van der Waals surface area contributed by atoms with Crippen molar-refractivity contribution < 1.29 is 14.6 Å². The van der Waals surface area contributed by atoms with Gasteiger partial charge in [0.1, 0.15) is 5.54 Å². The van der Waals surface area contributed by atoms with E-state index in [1.165, 1.54) is 0 Å². The maximum Gasteiger partial charge on any atom is 0.323 e. The highest BCUT2D eigenvalue weighted by molar-refractivity contribution is 5.79. The molecule has 0 aromatic heterocycles. The van der Waals surface area contributed by atoms with Crippen LogP contribution in [0.5, 0.6) is 0 Å². The van der Waals surface area contributed by atoms with Crippen LogP contribution in [0.15, 0.2) is 0 Å². The molecule has 2 N–H and O–H groups in total. The molecule has 2 fully saturated rings. The van der Waals surface area contributed by atoms with Crippen molar-refractivity contribution in [3.05, 3.63) is 0 Å². The monoisotopic (exact) mass is 270 g/mol. The normalized spacial score (nSPS) is 36.5. The van der Waals surface area contributed by atoms with E-state index in [4.69, 9.17) is 4.74 Å². The Bertz CT molecular complexity index is 324. The summed E-state index contributed by atoms with van der Waals surface area (Å²) in [4.78, 5) is 14.0.